The van der Waals surface area contributed by atoms with Crippen LogP contribution in [0, 0.1) is 13.8 Å². The van der Waals surface area contributed by atoms with Gasteiger partial charge in [-0.05, 0) is 65.7 Å². The lowest BCUT2D eigenvalue weighted by Crippen LogP contribution is -1.97. The Labute approximate surface area is 115 Å². The molecule has 0 aliphatic heterocycles. The minimum absolute atomic E-state index is 0.837. The molecule has 0 unspecified atom stereocenters. The summed E-state index contributed by atoms with van der Waals surface area (Å²) in [6.45, 7) is 4.01. The Hall–Kier alpha value is -1.55. The molecule has 2 aromatic rings. The Kier molecular flexibility index (Phi) is 3.87. The first-order valence-electron chi connectivity index (χ1n) is 5.65. The smallest absolute Gasteiger partial charge is 0.130 e. The Morgan fingerprint density at radius 2 is 1.94 bits per heavy atom. The highest BCUT2D eigenvalue weighted by atomic mass is 79.9. The number of hydrogen-bond acceptors (Lipinski definition) is 3. The van der Waals surface area contributed by atoms with Crippen LogP contribution in [0.5, 0.6) is 5.75 Å². The van der Waals surface area contributed by atoms with E-state index in [0.717, 1.165) is 33.0 Å². The van der Waals surface area contributed by atoms with Gasteiger partial charge in [-0.25, -0.2) is 4.98 Å². The van der Waals surface area contributed by atoms with Gasteiger partial charge in [-0.3, -0.25) is 0 Å². The van der Waals surface area contributed by atoms with Crippen molar-refractivity contribution in [3.05, 3.63) is 46.1 Å². The summed E-state index contributed by atoms with van der Waals surface area (Å²) in [5, 5.41) is 3.30. The largest absolute Gasteiger partial charge is 0.497 e. The van der Waals surface area contributed by atoms with E-state index in [1.807, 2.05) is 44.2 Å². The summed E-state index contributed by atoms with van der Waals surface area (Å²) in [5.41, 5.74) is 3.12. The van der Waals surface area contributed by atoms with Crippen LogP contribution in [-0.2, 0) is 0 Å². The quantitative estimate of drug-likeness (QED) is 0.922. The zero-order chi connectivity index (χ0) is 13.1. The van der Waals surface area contributed by atoms with Crippen molar-refractivity contribution in [3.63, 3.8) is 0 Å². The van der Waals surface area contributed by atoms with Gasteiger partial charge >= 0.3 is 0 Å². The van der Waals surface area contributed by atoms with E-state index in [1.165, 1.54) is 0 Å². The average Bonchev–Trinajstić information content (AvgIpc) is 2.36. The molecule has 1 heterocycles. The highest BCUT2D eigenvalue weighted by Gasteiger charge is 2.03. The number of hydrogen-bond donors (Lipinski definition) is 1. The van der Waals surface area contributed by atoms with Gasteiger partial charge in [-0.1, -0.05) is 0 Å². The molecule has 0 aliphatic rings. The molecule has 1 aromatic carbocycles. The van der Waals surface area contributed by atoms with E-state index in [1.54, 1.807) is 7.11 Å². The van der Waals surface area contributed by atoms with Gasteiger partial charge in [0.1, 0.15) is 11.6 Å². The lowest BCUT2D eigenvalue weighted by atomic mass is 10.2. The fourth-order valence-electron chi connectivity index (χ4n) is 1.66. The van der Waals surface area contributed by atoms with E-state index < -0.39 is 0 Å². The van der Waals surface area contributed by atoms with Gasteiger partial charge in [0, 0.05) is 10.2 Å². The van der Waals surface area contributed by atoms with Crippen molar-refractivity contribution in [1.82, 2.24) is 4.98 Å². The maximum absolute atomic E-state index is 5.19. The number of benzene rings is 1. The summed E-state index contributed by atoms with van der Waals surface area (Å²) in [5.74, 6) is 1.70. The van der Waals surface area contributed by atoms with Crippen LogP contribution in [0.2, 0.25) is 0 Å². The lowest BCUT2D eigenvalue weighted by Gasteiger charge is -2.11. The molecular weight excluding hydrogens is 292 g/mol. The summed E-state index contributed by atoms with van der Waals surface area (Å²) in [6.07, 6.45) is 0. The van der Waals surface area contributed by atoms with Crippen LogP contribution in [0.15, 0.2) is 34.8 Å². The van der Waals surface area contributed by atoms with Gasteiger partial charge in [-0.2, -0.15) is 0 Å². The van der Waals surface area contributed by atoms with E-state index in [-0.39, 0.29) is 0 Å². The summed E-state index contributed by atoms with van der Waals surface area (Å²) < 4.78 is 6.20. The SMILES string of the molecule is COc1ccc(Nc2ccc(Br)c(C)n2)c(C)c1. The van der Waals surface area contributed by atoms with E-state index >= 15 is 0 Å². The lowest BCUT2D eigenvalue weighted by molar-refractivity contribution is 0.414. The number of rotatable bonds is 3. The second-order valence-corrected chi connectivity index (χ2v) is 4.92. The van der Waals surface area contributed by atoms with Crippen molar-refractivity contribution in [2.24, 2.45) is 0 Å². The van der Waals surface area contributed by atoms with Gasteiger partial charge in [0.25, 0.3) is 0 Å². The molecule has 0 spiro atoms. The Morgan fingerprint density at radius 1 is 1.17 bits per heavy atom. The molecule has 4 heteroatoms. The minimum Gasteiger partial charge on any atom is -0.497 e. The number of anilines is 2. The maximum atomic E-state index is 5.19. The summed E-state index contributed by atoms with van der Waals surface area (Å²) >= 11 is 3.44. The van der Waals surface area contributed by atoms with E-state index in [0.29, 0.717) is 0 Å². The molecule has 0 atom stereocenters. The van der Waals surface area contributed by atoms with Crippen LogP contribution < -0.4 is 10.1 Å². The second-order valence-electron chi connectivity index (χ2n) is 4.07. The van der Waals surface area contributed by atoms with Crippen LogP contribution >= 0.6 is 15.9 Å². The Balaban J connectivity index is 2.25. The molecule has 0 aliphatic carbocycles. The second kappa shape index (κ2) is 5.40. The monoisotopic (exact) mass is 306 g/mol. The van der Waals surface area contributed by atoms with Gasteiger partial charge in [0.15, 0.2) is 0 Å². The molecule has 18 heavy (non-hydrogen) atoms. The predicted octanol–water partition coefficient (Wildman–Crippen LogP) is 4.21. The van der Waals surface area contributed by atoms with Gasteiger partial charge < -0.3 is 10.1 Å². The number of methoxy groups -OCH3 is 1. The van der Waals surface area contributed by atoms with Gasteiger partial charge in [0.05, 0.1) is 12.8 Å². The Bertz CT molecular complexity index is 570. The molecule has 94 valence electrons. The molecule has 0 saturated carbocycles. The number of aryl methyl sites for hydroxylation is 2. The van der Waals surface area contributed by atoms with Crippen molar-refractivity contribution in [3.8, 4) is 5.75 Å². The highest BCUT2D eigenvalue weighted by Crippen LogP contribution is 2.25. The van der Waals surface area contributed by atoms with E-state index in [2.05, 4.69) is 26.2 Å². The van der Waals surface area contributed by atoms with Crippen LogP contribution in [0.25, 0.3) is 0 Å². The van der Waals surface area contributed by atoms with Crippen molar-refractivity contribution in [1.29, 1.82) is 0 Å². The first-order chi connectivity index (χ1) is 8.60. The fraction of sp³-hybridized carbons (Fsp3) is 0.214. The molecule has 3 nitrogen and oxygen atoms in total. The number of nitrogens with zero attached hydrogens (tertiary/aromatic N) is 1. The number of ether oxygens (including phenoxy) is 1. The van der Waals surface area contributed by atoms with Crippen LogP contribution in [0.4, 0.5) is 11.5 Å². The van der Waals surface area contributed by atoms with Crippen molar-refractivity contribution in [2.45, 2.75) is 13.8 Å². The summed E-state index contributed by atoms with van der Waals surface area (Å²) in [6, 6.07) is 9.85. The number of nitrogens with one attached hydrogen (secondary N) is 1. The molecule has 1 N–H and O–H groups in total. The predicted molar refractivity (Wildman–Crippen MR) is 77.7 cm³/mol. The third-order valence-electron chi connectivity index (χ3n) is 2.72. The normalized spacial score (nSPS) is 10.2. The van der Waals surface area contributed by atoms with Crippen LogP contribution in [-0.4, -0.2) is 12.1 Å². The maximum Gasteiger partial charge on any atom is 0.130 e. The standard InChI is InChI=1S/C14H15BrN2O/c1-9-8-11(18-3)4-6-13(9)17-14-7-5-12(15)10(2)16-14/h4-8H,1-3H3,(H,16,17). The summed E-state index contributed by atoms with van der Waals surface area (Å²) in [4.78, 5) is 4.46. The molecule has 0 radical (unpaired) electrons. The van der Waals surface area contributed by atoms with Gasteiger partial charge in [0.2, 0.25) is 0 Å². The van der Waals surface area contributed by atoms with E-state index in [4.69, 9.17) is 4.74 Å². The van der Waals surface area contributed by atoms with Gasteiger partial charge in [-0.15, -0.1) is 0 Å². The fourth-order valence-corrected chi connectivity index (χ4v) is 1.88. The molecule has 1 aromatic heterocycles. The zero-order valence-electron chi connectivity index (χ0n) is 10.6. The highest BCUT2D eigenvalue weighted by molar-refractivity contribution is 9.10. The van der Waals surface area contributed by atoms with Crippen LogP contribution in [0.3, 0.4) is 0 Å². The first-order valence-corrected chi connectivity index (χ1v) is 6.44. The van der Waals surface area contributed by atoms with Crippen molar-refractivity contribution >= 4 is 27.4 Å². The van der Waals surface area contributed by atoms with Crippen molar-refractivity contribution < 1.29 is 4.74 Å². The zero-order valence-corrected chi connectivity index (χ0v) is 12.2. The molecule has 0 fully saturated rings. The average molecular weight is 307 g/mol. The Morgan fingerprint density at radius 3 is 2.56 bits per heavy atom. The molecule has 0 amide bonds. The molecule has 2 rings (SSSR count). The summed E-state index contributed by atoms with van der Waals surface area (Å²) in [7, 11) is 1.67. The molecule has 0 bridgehead atoms. The van der Waals surface area contributed by atoms with Crippen molar-refractivity contribution in [2.75, 3.05) is 12.4 Å². The third kappa shape index (κ3) is 2.82. The molecular formula is C14H15BrN2O. The number of halogens is 1. The minimum atomic E-state index is 0.837. The number of pyridine rings is 1. The molecule has 0 saturated heterocycles. The number of aromatic nitrogens is 1. The van der Waals surface area contributed by atoms with Crippen LogP contribution in [0.1, 0.15) is 11.3 Å². The first kappa shape index (κ1) is 12.9. The van der Waals surface area contributed by atoms with E-state index in [9.17, 15) is 0 Å². The third-order valence-corrected chi connectivity index (χ3v) is 3.56. The topological polar surface area (TPSA) is 34.1 Å².